The largest absolute Gasteiger partial charge is 0.490 e. The second-order valence-corrected chi connectivity index (χ2v) is 17.2. The van der Waals surface area contributed by atoms with Gasteiger partial charge in [0.05, 0.1) is 32.2 Å². The Balaban J connectivity index is 2.09. The first kappa shape index (κ1) is 66.2. The normalized spacial score (nSPS) is 13.5. The Morgan fingerprint density at radius 3 is 1.65 bits per heavy atom. The van der Waals surface area contributed by atoms with Crippen LogP contribution in [-0.2, 0) is 80.0 Å². The number of carbonyl (C=O) groups is 13. The molecule has 0 saturated carbocycles. The minimum atomic E-state index is -5.59. The molecule has 18 N–H and O–H groups in total. The summed E-state index contributed by atoms with van der Waals surface area (Å²) in [6.07, 6.45) is -8.01. The monoisotopic (exact) mass is 1120 g/mol. The van der Waals surface area contributed by atoms with Crippen LogP contribution in [-0.4, -0.2) is 163 Å². The van der Waals surface area contributed by atoms with Crippen LogP contribution in [0.5, 0.6) is 0 Å². The number of halogens is 3. The molecule has 0 fully saturated rings. The van der Waals surface area contributed by atoms with Crippen molar-refractivity contribution in [2.75, 3.05) is 32.8 Å². The number of hydrogen-bond acceptors (Lipinski definition) is 17. The van der Waals surface area contributed by atoms with Crippen molar-refractivity contribution in [3.63, 3.8) is 0 Å². The number of primary amides is 3. The number of carbonyl (C=O) groups excluding carboxylic acids is 13. The zero-order chi connectivity index (χ0) is 59.2. The van der Waals surface area contributed by atoms with E-state index in [-0.39, 0.29) is 32.4 Å². The lowest BCUT2D eigenvalue weighted by Gasteiger charge is -2.25. The number of amides is 12. The molecule has 7 atom stereocenters. The molecule has 12 amide bonds. The molecule has 32 heteroatoms. The highest BCUT2D eigenvalue weighted by Crippen LogP contribution is 2.17. The third-order valence-electron chi connectivity index (χ3n) is 10.7. The van der Waals surface area contributed by atoms with E-state index in [9.17, 15) is 80.6 Å². The maximum atomic E-state index is 13.4. The van der Waals surface area contributed by atoms with E-state index in [1.165, 1.54) is 6.92 Å². The van der Waals surface area contributed by atoms with E-state index >= 15 is 0 Å². The number of aliphatic hydroxyl groups excluding tert-OH is 1. The van der Waals surface area contributed by atoms with Crippen molar-refractivity contribution in [1.82, 2.24) is 47.9 Å². The summed E-state index contributed by atoms with van der Waals surface area (Å²) in [6.45, 7) is -3.22. The molecule has 0 aliphatic carbocycles. The Hall–Kier alpha value is -8.94. The average molecular weight is 1120 g/mol. The molecule has 2 aromatic carbocycles. The Kier molecular flexibility index (Phi) is 28.4. The molecule has 0 spiro atoms. The van der Waals surface area contributed by atoms with E-state index in [1.54, 1.807) is 60.7 Å². The number of benzene rings is 2. The van der Waals surface area contributed by atoms with Crippen molar-refractivity contribution in [1.29, 1.82) is 0 Å². The highest BCUT2D eigenvalue weighted by molar-refractivity contribution is 5.98. The number of ether oxygens (including phenoxy) is 2. The molecule has 0 aromatic heterocycles. The Labute approximate surface area is 448 Å². The van der Waals surface area contributed by atoms with Gasteiger partial charge in [-0.2, -0.15) is 13.2 Å². The van der Waals surface area contributed by atoms with Crippen LogP contribution >= 0.6 is 0 Å². The van der Waals surface area contributed by atoms with Gasteiger partial charge in [-0.3, -0.25) is 52.7 Å². The standard InChI is InChI=1S/C47H64F3N13O16/c1-25(51)39(70)59-28(14-8-9-17-55-46(77)79-23-27-12-6-3-7-13-27)41(72)63-32(22-64)43(74)60-29(15-16-34(52)65)40(71)57-20-36(67)56-21-37(68)58-33(24-78-45(76)47(48,49)50)44(75)62-31(19-35(53)66)42(73)61-30(38(54)69)18-26-10-4-2-5-11-26/h2-7,10-13,25,28-33,64H,8-9,14-24,51H2,1H3,(H2,52,65)(H2,53,66)(H2,54,69)(H,55,77)(H,56,67)(H,57,71)(H,58,68)(H,59,70)(H,60,74)(H,61,73)(H,62,75)(H,63,72)/t25-,28-,29-,30-,31-,32-,33-/m0/s1. The SMILES string of the molecule is C[C@H](N)C(=O)N[C@@H](CCCCNC(=O)OCc1ccccc1)C(=O)N[C@@H](CO)C(=O)N[C@@H](CCC(N)=O)C(=O)NCC(=O)NCC(=O)N[C@@H](COC(=O)C(F)(F)F)C(=O)N[C@@H](CC(N)=O)C(=O)N[C@@H](Cc1ccccc1)C(N)=O. The molecule has 29 nitrogen and oxygen atoms in total. The fourth-order valence-corrected chi connectivity index (χ4v) is 6.53. The van der Waals surface area contributed by atoms with Gasteiger partial charge < -0.3 is 85.4 Å². The van der Waals surface area contributed by atoms with Crippen molar-refractivity contribution in [3.05, 3.63) is 71.8 Å². The molecule has 79 heavy (non-hydrogen) atoms. The van der Waals surface area contributed by atoms with Crippen LogP contribution < -0.4 is 70.8 Å². The van der Waals surface area contributed by atoms with E-state index in [4.69, 9.17) is 27.7 Å². The molecule has 0 aliphatic heterocycles. The molecular formula is C47H64F3N13O16. The topological polar surface area (TPSA) is 473 Å². The summed E-state index contributed by atoms with van der Waals surface area (Å²) < 4.78 is 48.3. The van der Waals surface area contributed by atoms with E-state index < -0.39 is 171 Å². The van der Waals surface area contributed by atoms with Gasteiger partial charge >= 0.3 is 18.2 Å². The number of nitrogens with two attached hydrogens (primary N) is 4. The summed E-state index contributed by atoms with van der Waals surface area (Å²) in [7, 11) is 0. The number of unbranched alkanes of at least 4 members (excludes halogenated alkanes) is 1. The first-order chi connectivity index (χ1) is 37.2. The van der Waals surface area contributed by atoms with Gasteiger partial charge in [-0.1, -0.05) is 60.7 Å². The predicted molar refractivity (Wildman–Crippen MR) is 265 cm³/mol. The van der Waals surface area contributed by atoms with Crippen LogP contribution in [0.15, 0.2) is 60.7 Å². The molecule has 2 aromatic rings. The third-order valence-corrected chi connectivity index (χ3v) is 10.7. The molecule has 434 valence electrons. The number of nitrogens with one attached hydrogen (secondary N) is 9. The smallest absolute Gasteiger partial charge is 0.456 e. The maximum absolute atomic E-state index is 13.4. The van der Waals surface area contributed by atoms with Crippen LogP contribution in [0.4, 0.5) is 18.0 Å². The van der Waals surface area contributed by atoms with Crippen molar-refractivity contribution in [3.8, 4) is 0 Å². The van der Waals surface area contributed by atoms with Crippen LogP contribution in [0.25, 0.3) is 0 Å². The fraction of sp³-hybridized carbons (Fsp3) is 0.468. The second-order valence-electron chi connectivity index (χ2n) is 17.2. The third kappa shape index (κ3) is 26.6. The predicted octanol–water partition coefficient (Wildman–Crippen LogP) is -5.46. The van der Waals surface area contributed by atoms with Gasteiger partial charge in [-0.25, -0.2) is 9.59 Å². The van der Waals surface area contributed by atoms with Gasteiger partial charge in [0, 0.05) is 19.4 Å². The number of esters is 1. The van der Waals surface area contributed by atoms with Gasteiger partial charge in [0.15, 0.2) is 0 Å². The Morgan fingerprint density at radius 1 is 0.557 bits per heavy atom. The quantitative estimate of drug-likeness (QED) is 0.0230. The number of aliphatic hydroxyl groups is 1. The lowest BCUT2D eigenvalue weighted by atomic mass is 10.0. The molecule has 0 heterocycles. The van der Waals surface area contributed by atoms with E-state index in [0.29, 0.717) is 12.0 Å². The number of alkyl carbamates (subject to hydrolysis) is 1. The Bertz CT molecular complexity index is 2460. The van der Waals surface area contributed by atoms with Crippen molar-refractivity contribution in [2.24, 2.45) is 22.9 Å². The van der Waals surface area contributed by atoms with E-state index in [0.717, 1.165) is 5.56 Å². The van der Waals surface area contributed by atoms with Crippen LogP contribution in [0.1, 0.15) is 56.6 Å². The average Bonchev–Trinajstić information content (AvgIpc) is 3.39. The maximum Gasteiger partial charge on any atom is 0.490 e. The second kappa shape index (κ2) is 34.0. The van der Waals surface area contributed by atoms with Gasteiger partial charge in [0.25, 0.3) is 0 Å². The van der Waals surface area contributed by atoms with Crippen molar-refractivity contribution < 1.29 is 90.1 Å². The molecule has 0 unspecified atom stereocenters. The lowest BCUT2D eigenvalue weighted by Crippen LogP contribution is -2.59. The van der Waals surface area contributed by atoms with Gasteiger partial charge in [0.1, 0.15) is 49.5 Å². The summed E-state index contributed by atoms with van der Waals surface area (Å²) in [5.74, 6) is -15.4. The first-order valence-electron chi connectivity index (χ1n) is 24.0. The van der Waals surface area contributed by atoms with Crippen molar-refractivity contribution in [2.45, 2.75) is 107 Å². The minimum absolute atomic E-state index is 0.0205. The molecule has 0 bridgehead atoms. The van der Waals surface area contributed by atoms with Gasteiger partial charge in [-0.05, 0) is 43.7 Å². The first-order valence-corrected chi connectivity index (χ1v) is 24.0. The molecular weight excluding hydrogens is 1060 g/mol. The van der Waals surface area contributed by atoms with E-state index in [2.05, 4.69) is 36.6 Å². The van der Waals surface area contributed by atoms with Gasteiger partial charge in [-0.15, -0.1) is 0 Å². The summed E-state index contributed by atoms with van der Waals surface area (Å²) in [5, 5.41) is 29.7. The number of alkyl halides is 3. The number of hydrogen-bond donors (Lipinski definition) is 14. The molecule has 0 aliphatic rings. The zero-order valence-electron chi connectivity index (χ0n) is 42.5. The highest BCUT2D eigenvalue weighted by atomic mass is 19.4. The molecule has 0 saturated heterocycles. The summed E-state index contributed by atoms with van der Waals surface area (Å²) >= 11 is 0. The van der Waals surface area contributed by atoms with Gasteiger partial charge in [0.2, 0.25) is 65.0 Å². The molecule has 0 radical (unpaired) electrons. The van der Waals surface area contributed by atoms with Crippen LogP contribution in [0.3, 0.4) is 0 Å². The highest BCUT2D eigenvalue weighted by Gasteiger charge is 2.42. The van der Waals surface area contributed by atoms with E-state index in [1.807, 2.05) is 16.0 Å². The van der Waals surface area contributed by atoms with Crippen molar-refractivity contribution >= 4 is 77.0 Å². The van der Waals surface area contributed by atoms with Crippen LogP contribution in [0, 0.1) is 0 Å². The van der Waals surface area contributed by atoms with Crippen LogP contribution in [0.2, 0.25) is 0 Å². The lowest BCUT2D eigenvalue weighted by molar-refractivity contribution is -0.200. The fourth-order valence-electron chi connectivity index (χ4n) is 6.53. The zero-order valence-corrected chi connectivity index (χ0v) is 42.5. The minimum Gasteiger partial charge on any atom is -0.456 e. The molecule has 2 rings (SSSR count). The number of rotatable bonds is 34. The Morgan fingerprint density at radius 2 is 1.08 bits per heavy atom. The summed E-state index contributed by atoms with van der Waals surface area (Å²) in [5.41, 5.74) is 22.8. The summed E-state index contributed by atoms with van der Waals surface area (Å²) in [4.78, 5) is 164. The summed E-state index contributed by atoms with van der Waals surface area (Å²) in [6, 6.07) is 5.38.